The molecule has 0 N–H and O–H groups in total. The van der Waals surface area contributed by atoms with E-state index >= 15 is 0 Å². The van der Waals surface area contributed by atoms with Crippen molar-refractivity contribution in [3.05, 3.63) is 77.9 Å². The van der Waals surface area contributed by atoms with Crippen LogP contribution in [0.5, 0.6) is 0 Å². The molecule has 0 aromatic heterocycles. The van der Waals surface area contributed by atoms with Gasteiger partial charge >= 0.3 is 0 Å². The van der Waals surface area contributed by atoms with Crippen LogP contribution < -0.4 is 0 Å². The second-order valence-corrected chi connectivity index (χ2v) is 6.66. The van der Waals surface area contributed by atoms with Crippen molar-refractivity contribution >= 4 is 16.7 Å². The first kappa shape index (κ1) is 14.0. The Morgan fingerprint density at radius 1 is 0.895 bits per heavy atom. The first-order valence-electron chi connectivity index (χ1n) is 6.60. The average molecular weight is 268 g/mol. The van der Waals surface area contributed by atoms with Crippen LogP contribution in [0.4, 0.5) is 0 Å². The Hall–Kier alpha value is -1.47. The standard InChI is InChI=1S/C18H20S/c1-4-17(15-11-7-5-8-12-15)19-18(2,3)16-13-9-6-10-14-16/h4-14H,1-3H3/b17-4-. The van der Waals surface area contributed by atoms with Crippen LogP contribution in [-0.2, 0) is 4.75 Å². The third-order valence-electron chi connectivity index (χ3n) is 3.15. The largest absolute Gasteiger partial charge is 0.115 e. The van der Waals surface area contributed by atoms with E-state index < -0.39 is 0 Å². The zero-order valence-corrected chi connectivity index (χ0v) is 12.6. The molecule has 0 spiro atoms. The van der Waals surface area contributed by atoms with Crippen molar-refractivity contribution in [2.24, 2.45) is 0 Å². The first-order chi connectivity index (χ1) is 9.13. The smallest absolute Gasteiger partial charge is 0.0399 e. The van der Waals surface area contributed by atoms with Crippen molar-refractivity contribution in [1.82, 2.24) is 0 Å². The number of hydrogen-bond donors (Lipinski definition) is 0. The van der Waals surface area contributed by atoms with Gasteiger partial charge in [0.2, 0.25) is 0 Å². The molecule has 0 unspecified atom stereocenters. The van der Waals surface area contributed by atoms with Crippen LogP contribution in [0.1, 0.15) is 31.9 Å². The van der Waals surface area contributed by atoms with Crippen LogP contribution >= 0.6 is 11.8 Å². The maximum absolute atomic E-state index is 2.28. The summed E-state index contributed by atoms with van der Waals surface area (Å²) < 4.78 is 0.0684. The lowest BCUT2D eigenvalue weighted by atomic mass is 10.0. The molecule has 2 rings (SSSR count). The van der Waals surface area contributed by atoms with Gasteiger partial charge in [-0.2, -0.15) is 0 Å². The maximum atomic E-state index is 2.28. The van der Waals surface area contributed by atoms with Crippen molar-refractivity contribution in [2.45, 2.75) is 25.5 Å². The van der Waals surface area contributed by atoms with E-state index in [9.17, 15) is 0 Å². The second-order valence-electron chi connectivity index (χ2n) is 5.00. The van der Waals surface area contributed by atoms with Crippen molar-refractivity contribution < 1.29 is 0 Å². The van der Waals surface area contributed by atoms with Gasteiger partial charge in [0.1, 0.15) is 0 Å². The summed E-state index contributed by atoms with van der Waals surface area (Å²) in [5, 5.41) is 0. The molecule has 0 nitrogen and oxygen atoms in total. The van der Waals surface area contributed by atoms with Crippen molar-refractivity contribution in [3.63, 3.8) is 0 Å². The Balaban J connectivity index is 2.24. The van der Waals surface area contributed by atoms with Gasteiger partial charge in [0.05, 0.1) is 0 Å². The van der Waals surface area contributed by atoms with Crippen LogP contribution in [0.15, 0.2) is 66.7 Å². The molecule has 0 aliphatic carbocycles. The summed E-state index contributed by atoms with van der Waals surface area (Å²) >= 11 is 1.91. The summed E-state index contributed by atoms with van der Waals surface area (Å²) in [6, 6.07) is 21.3. The minimum absolute atomic E-state index is 0.0684. The molecule has 2 aromatic rings. The Bertz CT molecular complexity index is 538. The number of allylic oxidation sites excluding steroid dienone is 1. The SMILES string of the molecule is C/C=C(\SC(C)(C)c1ccccc1)c1ccccc1. The van der Waals surface area contributed by atoms with Crippen LogP contribution in [0.2, 0.25) is 0 Å². The molecule has 19 heavy (non-hydrogen) atoms. The van der Waals surface area contributed by atoms with Crippen LogP contribution in [0.3, 0.4) is 0 Å². The summed E-state index contributed by atoms with van der Waals surface area (Å²) in [7, 11) is 0. The molecular weight excluding hydrogens is 248 g/mol. The van der Waals surface area contributed by atoms with Crippen LogP contribution in [0, 0.1) is 0 Å². The van der Waals surface area contributed by atoms with E-state index in [1.54, 1.807) is 0 Å². The van der Waals surface area contributed by atoms with Crippen LogP contribution in [-0.4, -0.2) is 0 Å². The molecule has 0 radical (unpaired) electrons. The maximum Gasteiger partial charge on any atom is 0.0399 e. The minimum atomic E-state index is 0.0684. The van der Waals surface area contributed by atoms with Gasteiger partial charge in [-0.15, -0.1) is 11.8 Å². The molecule has 0 aliphatic rings. The zero-order valence-electron chi connectivity index (χ0n) is 11.8. The first-order valence-corrected chi connectivity index (χ1v) is 7.41. The summed E-state index contributed by atoms with van der Waals surface area (Å²) in [5.74, 6) is 0. The fraction of sp³-hybridized carbons (Fsp3) is 0.222. The lowest BCUT2D eigenvalue weighted by molar-refractivity contribution is 0.787. The summed E-state index contributed by atoms with van der Waals surface area (Å²) in [6.07, 6.45) is 2.20. The molecule has 0 aliphatic heterocycles. The highest BCUT2D eigenvalue weighted by atomic mass is 32.2. The quantitative estimate of drug-likeness (QED) is 0.683. The molecule has 0 atom stereocenters. The highest BCUT2D eigenvalue weighted by Crippen LogP contribution is 2.44. The average Bonchev–Trinajstić information content (AvgIpc) is 2.47. The molecule has 0 amide bonds. The Labute approximate surface area is 120 Å². The summed E-state index contributed by atoms with van der Waals surface area (Å²) in [4.78, 5) is 1.33. The monoisotopic (exact) mass is 268 g/mol. The predicted octanol–water partition coefficient (Wildman–Crippen LogP) is 5.72. The number of rotatable bonds is 4. The van der Waals surface area contributed by atoms with Crippen molar-refractivity contribution in [3.8, 4) is 0 Å². The van der Waals surface area contributed by atoms with E-state index in [2.05, 4.69) is 87.5 Å². The second kappa shape index (κ2) is 6.12. The number of benzene rings is 2. The molecule has 98 valence electrons. The third-order valence-corrected chi connectivity index (χ3v) is 4.59. The Morgan fingerprint density at radius 2 is 1.42 bits per heavy atom. The number of thioether (sulfide) groups is 1. The van der Waals surface area contributed by atoms with Gasteiger partial charge in [0.25, 0.3) is 0 Å². The minimum Gasteiger partial charge on any atom is -0.115 e. The van der Waals surface area contributed by atoms with Crippen LogP contribution in [0.25, 0.3) is 4.91 Å². The fourth-order valence-corrected chi connectivity index (χ4v) is 3.24. The lowest BCUT2D eigenvalue weighted by Gasteiger charge is -2.26. The zero-order chi connectivity index (χ0) is 13.7. The molecule has 0 saturated carbocycles. The molecule has 2 aromatic carbocycles. The lowest BCUT2D eigenvalue weighted by Crippen LogP contribution is -2.11. The fourth-order valence-electron chi connectivity index (χ4n) is 2.06. The molecule has 0 bridgehead atoms. The Morgan fingerprint density at radius 3 is 1.95 bits per heavy atom. The summed E-state index contributed by atoms with van der Waals surface area (Å²) in [6.45, 7) is 6.66. The highest BCUT2D eigenvalue weighted by molar-refractivity contribution is 8.09. The van der Waals surface area contributed by atoms with E-state index in [-0.39, 0.29) is 4.75 Å². The van der Waals surface area contributed by atoms with E-state index in [4.69, 9.17) is 0 Å². The molecule has 0 heterocycles. The van der Waals surface area contributed by atoms with E-state index in [0.717, 1.165) is 0 Å². The molecule has 1 heteroatoms. The van der Waals surface area contributed by atoms with Crippen molar-refractivity contribution in [1.29, 1.82) is 0 Å². The van der Waals surface area contributed by atoms with Gasteiger partial charge in [0, 0.05) is 9.65 Å². The van der Waals surface area contributed by atoms with Gasteiger partial charge in [-0.05, 0) is 31.9 Å². The number of hydrogen-bond acceptors (Lipinski definition) is 1. The molecule has 0 saturated heterocycles. The van der Waals surface area contributed by atoms with Gasteiger partial charge in [-0.25, -0.2) is 0 Å². The van der Waals surface area contributed by atoms with E-state index in [1.807, 2.05) is 11.8 Å². The van der Waals surface area contributed by atoms with E-state index in [0.29, 0.717) is 0 Å². The summed E-state index contributed by atoms with van der Waals surface area (Å²) in [5.41, 5.74) is 2.65. The highest BCUT2D eigenvalue weighted by Gasteiger charge is 2.23. The van der Waals surface area contributed by atoms with Gasteiger partial charge in [-0.1, -0.05) is 66.7 Å². The van der Waals surface area contributed by atoms with Gasteiger partial charge in [-0.3, -0.25) is 0 Å². The Kier molecular flexibility index (Phi) is 4.49. The van der Waals surface area contributed by atoms with Gasteiger partial charge < -0.3 is 0 Å². The van der Waals surface area contributed by atoms with Gasteiger partial charge in [0.15, 0.2) is 0 Å². The molecule has 0 fully saturated rings. The topological polar surface area (TPSA) is 0 Å². The van der Waals surface area contributed by atoms with E-state index in [1.165, 1.54) is 16.0 Å². The van der Waals surface area contributed by atoms with Crippen molar-refractivity contribution in [2.75, 3.05) is 0 Å². The third kappa shape index (κ3) is 3.51. The predicted molar refractivity (Wildman–Crippen MR) is 87.2 cm³/mol. The molecular formula is C18H20S. The normalized spacial score (nSPS) is 12.5.